The van der Waals surface area contributed by atoms with Gasteiger partial charge in [0.2, 0.25) is 5.91 Å². The summed E-state index contributed by atoms with van der Waals surface area (Å²) in [5.74, 6) is -1.48. The number of thiazole rings is 1. The number of halogens is 3. The fourth-order valence-electron chi connectivity index (χ4n) is 3.30. The third kappa shape index (κ3) is 3.83. The number of fused-ring (bicyclic) bond motifs is 1. The van der Waals surface area contributed by atoms with Crippen molar-refractivity contribution >= 4 is 45.1 Å². The van der Waals surface area contributed by atoms with Crippen LogP contribution in [0.15, 0.2) is 47.8 Å². The molecule has 0 bridgehead atoms. The summed E-state index contributed by atoms with van der Waals surface area (Å²) in [4.78, 5) is 41.7. The molecule has 1 unspecified atom stereocenters. The highest BCUT2D eigenvalue weighted by Crippen LogP contribution is 2.32. The molecule has 1 atom stereocenters. The topological polar surface area (TPSA) is 91.4 Å². The molecule has 2 aromatic carbocycles. The van der Waals surface area contributed by atoms with Crippen LogP contribution in [-0.2, 0) is 21.3 Å². The lowest BCUT2D eigenvalue weighted by atomic mass is 9.90. The van der Waals surface area contributed by atoms with Gasteiger partial charge in [-0.1, -0.05) is 36.4 Å². The molecule has 4 amide bonds. The van der Waals surface area contributed by atoms with Crippen molar-refractivity contribution in [1.82, 2.24) is 15.2 Å². The number of carbonyl (C=O) groups is 3. The van der Waals surface area contributed by atoms with Gasteiger partial charge in [0.25, 0.3) is 5.91 Å². The van der Waals surface area contributed by atoms with Crippen molar-refractivity contribution in [3.05, 3.63) is 59.1 Å². The number of aromatic nitrogens is 1. The van der Waals surface area contributed by atoms with Gasteiger partial charge in [-0.25, -0.2) is 9.78 Å². The second-order valence-electron chi connectivity index (χ2n) is 7.09. The standard InChI is InChI=1S/C20H15F3N4O3S/c1-19(13-7-6-11-4-2-3-5-12(11)8-13)16(29)27(18(30)26-19)9-15(28)25-17-24-14(10-31-17)20(21,22)23/h2-8,10H,9H2,1H3,(H,26,30)(H,24,25,28). The molecule has 2 N–H and O–H groups in total. The number of nitrogens with one attached hydrogen (secondary N) is 2. The molecule has 1 fully saturated rings. The van der Waals surface area contributed by atoms with Gasteiger partial charge in [0, 0.05) is 5.38 Å². The number of amides is 4. The zero-order valence-electron chi connectivity index (χ0n) is 16.0. The first-order chi connectivity index (χ1) is 14.6. The first kappa shape index (κ1) is 20.8. The van der Waals surface area contributed by atoms with Crippen LogP contribution in [0.25, 0.3) is 10.8 Å². The maximum atomic E-state index is 13.0. The van der Waals surface area contributed by atoms with E-state index >= 15 is 0 Å². The van der Waals surface area contributed by atoms with Gasteiger partial charge in [-0.05, 0) is 29.3 Å². The van der Waals surface area contributed by atoms with Gasteiger partial charge >= 0.3 is 12.2 Å². The lowest BCUT2D eigenvalue weighted by Gasteiger charge is -2.22. The number of hydrogen-bond donors (Lipinski definition) is 2. The minimum atomic E-state index is -4.63. The van der Waals surface area contributed by atoms with E-state index in [2.05, 4.69) is 15.6 Å². The number of benzene rings is 2. The van der Waals surface area contributed by atoms with Crippen molar-refractivity contribution in [2.24, 2.45) is 0 Å². The number of urea groups is 1. The summed E-state index contributed by atoms with van der Waals surface area (Å²) in [6, 6.07) is 12.1. The quantitative estimate of drug-likeness (QED) is 0.595. The lowest BCUT2D eigenvalue weighted by Crippen LogP contribution is -2.42. The summed E-state index contributed by atoms with van der Waals surface area (Å²) in [7, 11) is 0. The van der Waals surface area contributed by atoms with Crippen LogP contribution in [0.1, 0.15) is 18.2 Å². The molecule has 4 rings (SSSR count). The van der Waals surface area contributed by atoms with E-state index in [1.54, 1.807) is 12.1 Å². The van der Waals surface area contributed by atoms with Crippen molar-refractivity contribution < 1.29 is 27.6 Å². The summed E-state index contributed by atoms with van der Waals surface area (Å²) in [5, 5.41) is 7.12. The third-order valence-electron chi connectivity index (χ3n) is 4.94. The average Bonchev–Trinajstić information content (AvgIpc) is 3.27. The Balaban J connectivity index is 1.51. The van der Waals surface area contributed by atoms with E-state index in [-0.39, 0.29) is 5.13 Å². The van der Waals surface area contributed by atoms with Crippen LogP contribution in [0.2, 0.25) is 0 Å². The van der Waals surface area contributed by atoms with Crippen LogP contribution in [0.3, 0.4) is 0 Å². The Morgan fingerprint density at radius 1 is 1.19 bits per heavy atom. The minimum absolute atomic E-state index is 0.276. The van der Waals surface area contributed by atoms with E-state index in [0.717, 1.165) is 21.1 Å². The number of nitrogens with zero attached hydrogens (tertiary/aromatic N) is 2. The number of alkyl halides is 3. The van der Waals surface area contributed by atoms with Gasteiger partial charge in [-0.15, -0.1) is 11.3 Å². The highest BCUT2D eigenvalue weighted by Gasteiger charge is 2.49. The molecule has 11 heteroatoms. The summed E-state index contributed by atoms with van der Waals surface area (Å²) in [6.45, 7) is 0.875. The number of rotatable bonds is 4. The van der Waals surface area contributed by atoms with Crippen LogP contribution in [0.5, 0.6) is 0 Å². The maximum Gasteiger partial charge on any atom is 0.434 e. The van der Waals surface area contributed by atoms with Crippen LogP contribution >= 0.6 is 11.3 Å². The lowest BCUT2D eigenvalue weighted by molar-refractivity contribution is -0.140. The van der Waals surface area contributed by atoms with Gasteiger partial charge in [0.1, 0.15) is 12.1 Å². The normalized spacial score (nSPS) is 19.0. The molecule has 7 nitrogen and oxygen atoms in total. The van der Waals surface area contributed by atoms with Gasteiger partial charge in [0.15, 0.2) is 10.8 Å². The average molecular weight is 448 g/mol. The Hall–Kier alpha value is -3.47. The molecule has 1 aromatic heterocycles. The van der Waals surface area contributed by atoms with E-state index in [4.69, 9.17) is 0 Å². The van der Waals surface area contributed by atoms with Crippen LogP contribution < -0.4 is 10.6 Å². The Morgan fingerprint density at radius 3 is 2.58 bits per heavy atom. The molecule has 160 valence electrons. The Labute approximate surface area is 177 Å². The van der Waals surface area contributed by atoms with Crippen molar-refractivity contribution in [2.45, 2.75) is 18.6 Å². The molecule has 0 aliphatic carbocycles. The molecular formula is C20H15F3N4O3S. The van der Waals surface area contributed by atoms with Crippen LogP contribution in [0.4, 0.5) is 23.1 Å². The molecular weight excluding hydrogens is 433 g/mol. The number of carbonyl (C=O) groups excluding carboxylic acids is 3. The van der Waals surface area contributed by atoms with Crippen molar-refractivity contribution in [1.29, 1.82) is 0 Å². The molecule has 3 aromatic rings. The van der Waals surface area contributed by atoms with Crippen molar-refractivity contribution in [3.8, 4) is 0 Å². The van der Waals surface area contributed by atoms with Gasteiger partial charge in [-0.2, -0.15) is 13.2 Å². The van der Waals surface area contributed by atoms with E-state index < -0.39 is 41.8 Å². The molecule has 0 saturated carbocycles. The van der Waals surface area contributed by atoms with E-state index in [9.17, 15) is 27.6 Å². The third-order valence-corrected chi connectivity index (χ3v) is 5.70. The smallest absolute Gasteiger partial charge is 0.319 e. The first-order valence-electron chi connectivity index (χ1n) is 9.04. The molecule has 1 saturated heterocycles. The highest BCUT2D eigenvalue weighted by molar-refractivity contribution is 7.13. The van der Waals surface area contributed by atoms with Crippen LogP contribution in [-0.4, -0.2) is 34.3 Å². The maximum absolute atomic E-state index is 13.0. The first-order valence-corrected chi connectivity index (χ1v) is 9.92. The fourth-order valence-corrected chi connectivity index (χ4v) is 4.03. The monoisotopic (exact) mass is 448 g/mol. The van der Waals surface area contributed by atoms with E-state index in [1.165, 1.54) is 6.92 Å². The zero-order valence-corrected chi connectivity index (χ0v) is 16.8. The van der Waals surface area contributed by atoms with Gasteiger partial charge < -0.3 is 10.6 Å². The summed E-state index contributed by atoms with van der Waals surface area (Å²) in [6.07, 6.45) is -4.63. The number of imide groups is 1. The molecule has 0 spiro atoms. The summed E-state index contributed by atoms with van der Waals surface area (Å²) < 4.78 is 37.9. The summed E-state index contributed by atoms with van der Waals surface area (Å²) in [5.41, 5.74) is -1.97. The fraction of sp³-hybridized carbons (Fsp3) is 0.200. The van der Waals surface area contributed by atoms with Gasteiger partial charge in [0.05, 0.1) is 0 Å². The number of hydrogen-bond acceptors (Lipinski definition) is 5. The number of anilines is 1. The molecule has 0 radical (unpaired) electrons. The van der Waals surface area contributed by atoms with Crippen molar-refractivity contribution in [2.75, 3.05) is 11.9 Å². The highest BCUT2D eigenvalue weighted by atomic mass is 32.1. The second kappa shape index (κ2) is 7.34. The van der Waals surface area contributed by atoms with Gasteiger partial charge in [-0.3, -0.25) is 14.5 Å². The predicted octanol–water partition coefficient (Wildman–Crippen LogP) is 3.72. The molecule has 1 aliphatic rings. The van der Waals surface area contributed by atoms with E-state index in [0.29, 0.717) is 16.9 Å². The zero-order chi connectivity index (χ0) is 22.4. The van der Waals surface area contributed by atoms with Crippen molar-refractivity contribution in [3.63, 3.8) is 0 Å². The summed E-state index contributed by atoms with van der Waals surface area (Å²) >= 11 is 0.595. The Morgan fingerprint density at radius 2 is 1.90 bits per heavy atom. The minimum Gasteiger partial charge on any atom is -0.319 e. The Kier molecular flexibility index (Phi) is 4.92. The molecule has 31 heavy (non-hydrogen) atoms. The largest absolute Gasteiger partial charge is 0.434 e. The molecule has 2 heterocycles. The Bertz CT molecular complexity index is 1210. The molecule has 1 aliphatic heterocycles. The van der Waals surface area contributed by atoms with E-state index in [1.807, 2.05) is 30.3 Å². The second-order valence-corrected chi connectivity index (χ2v) is 7.95. The van der Waals surface area contributed by atoms with Crippen LogP contribution in [0, 0.1) is 0 Å². The predicted molar refractivity (Wildman–Crippen MR) is 107 cm³/mol. The SMILES string of the molecule is CC1(c2ccc3ccccc3c2)NC(=O)N(CC(=O)Nc2nc(C(F)(F)F)cs2)C1=O.